The van der Waals surface area contributed by atoms with Gasteiger partial charge in [0.15, 0.2) is 6.23 Å². The van der Waals surface area contributed by atoms with Crippen molar-refractivity contribution in [2.24, 2.45) is 5.73 Å². The summed E-state index contributed by atoms with van der Waals surface area (Å²) in [6.07, 6.45) is 6.10. The van der Waals surface area contributed by atoms with Gasteiger partial charge in [-0.05, 0) is 80.0 Å². The lowest BCUT2D eigenvalue weighted by molar-refractivity contribution is 0.155. The maximum atomic E-state index is 10.0. The van der Waals surface area contributed by atoms with Gasteiger partial charge in [-0.25, -0.2) is 0 Å². The molecule has 0 spiro atoms. The maximum absolute atomic E-state index is 10.0. The molecule has 1 aromatic heterocycles. The molecule has 2 atom stereocenters. The van der Waals surface area contributed by atoms with Gasteiger partial charge in [0, 0.05) is 28.2 Å². The Labute approximate surface area is 273 Å². The molecule has 228 valence electrons. The molecule has 0 saturated carbocycles. The van der Waals surface area contributed by atoms with Gasteiger partial charge >= 0.3 is 0 Å². The molecule has 7 aromatic rings. The molecule has 0 bridgehead atoms. The Kier molecular flexibility index (Phi) is 6.98. The summed E-state index contributed by atoms with van der Waals surface area (Å²) in [5, 5.41) is 17.8. The first kappa shape index (κ1) is 28.6. The van der Waals surface area contributed by atoms with Gasteiger partial charge in [0.2, 0.25) is 0 Å². The summed E-state index contributed by atoms with van der Waals surface area (Å²) in [4.78, 5) is 0. The van der Waals surface area contributed by atoms with Crippen molar-refractivity contribution < 1.29 is 9.84 Å². The van der Waals surface area contributed by atoms with Crippen LogP contribution in [0, 0.1) is 0 Å². The fraction of sp³-hybridized carbons (Fsp3) is 0.0476. The van der Waals surface area contributed by atoms with Crippen molar-refractivity contribution in [3.63, 3.8) is 0 Å². The molecule has 47 heavy (non-hydrogen) atoms. The van der Waals surface area contributed by atoms with Crippen LogP contribution in [-0.4, -0.2) is 9.67 Å². The van der Waals surface area contributed by atoms with Crippen LogP contribution in [0.3, 0.4) is 0 Å². The second kappa shape index (κ2) is 11.5. The standard InChI is InChI=1S/C42H33N3O2/c1-3-31-32(4-2)40(27-16-20-29(21-17-27)42-44-22-23-47-42)36-25-38-34(24-35(36)39(31)26-14-18-28(19-15-26)41(43)46)33-12-8-9-13-37(33)45(38)30-10-6-5-7-11-30/h3-25,41-42,44,46H,1-2,43H2. The number of nitrogens with zero attached hydrogens (tertiary/aromatic N) is 1. The van der Waals surface area contributed by atoms with E-state index in [0.717, 1.165) is 71.8 Å². The minimum Gasteiger partial charge on any atom is -0.473 e. The molecule has 4 N–H and O–H groups in total. The Balaban J connectivity index is 1.51. The predicted molar refractivity (Wildman–Crippen MR) is 195 cm³/mol. The number of hydrogen-bond acceptors (Lipinski definition) is 4. The molecule has 2 unspecified atom stereocenters. The zero-order valence-electron chi connectivity index (χ0n) is 25.7. The highest BCUT2D eigenvalue weighted by molar-refractivity contribution is 6.20. The lowest BCUT2D eigenvalue weighted by atomic mass is 9.82. The van der Waals surface area contributed by atoms with E-state index in [4.69, 9.17) is 10.5 Å². The first-order valence-corrected chi connectivity index (χ1v) is 15.7. The molecule has 2 heterocycles. The summed E-state index contributed by atoms with van der Waals surface area (Å²) in [5.41, 5.74) is 17.0. The number of para-hydroxylation sites is 2. The molecule has 1 aliphatic heterocycles. The van der Waals surface area contributed by atoms with E-state index < -0.39 is 6.23 Å². The smallest absolute Gasteiger partial charge is 0.195 e. The average Bonchev–Trinajstić information content (AvgIpc) is 3.77. The van der Waals surface area contributed by atoms with Gasteiger partial charge in [-0.3, -0.25) is 0 Å². The van der Waals surface area contributed by atoms with E-state index in [9.17, 15) is 5.11 Å². The zero-order valence-corrected chi connectivity index (χ0v) is 25.7. The van der Waals surface area contributed by atoms with Gasteiger partial charge in [0.1, 0.15) is 12.5 Å². The van der Waals surface area contributed by atoms with Crippen molar-refractivity contribution in [3.8, 4) is 27.9 Å². The van der Waals surface area contributed by atoms with Crippen LogP contribution in [-0.2, 0) is 4.74 Å². The fourth-order valence-corrected chi connectivity index (χ4v) is 7.02. The van der Waals surface area contributed by atoms with Gasteiger partial charge in [0.05, 0.1) is 11.0 Å². The summed E-state index contributed by atoms with van der Waals surface area (Å²) in [6.45, 7) is 8.60. The Bertz CT molecular complexity index is 2340. The van der Waals surface area contributed by atoms with E-state index in [0.29, 0.717) is 5.56 Å². The van der Waals surface area contributed by atoms with Crippen LogP contribution in [0.1, 0.15) is 34.7 Å². The number of fused-ring (bicyclic) bond motifs is 4. The van der Waals surface area contributed by atoms with Gasteiger partial charge < -0.3 is 25.5 Å². The minimum absolute atomic E-state index is 0.206. The van der Waals surface area contributed by atoms with Crippen molar-refractivity contribution in [1.82, 2.24) is 9.88 Å². The van der Waals surface area contributed by atoms with Gasteiger partial charge in [-0.15, -0.1) is 0 Å². The van der Waals surface area contributed by atoms with Crippen molar-refractivity contribution in [3.05, 3.63) is 163 Å². The highest BCUT2D eigenvalue weighted by Crippen LogP contribution is 2.46. The number of aliphatic hydroxyl groups is 1. The maximum Gasteiger partial charge on any atom is 0.195 e. The Morgan fingerprint density at radius 2 is 1.32 bits per heavy atom. The third kappa shape index (κ3) is 4.64. The quantitative estimate of drug-likeness (QED) is 0.157. The molecule has 5 nitrogen and oxygen atoms in total. The number of benzene rings is 6. The Hall–Kier alpha value is -5.88. The van der Waals surface area contributed by atoms with Crippen LogP contribution in [0.2, 0.25) is 0 Å². The number of nitrogens with two attached hydrogens (primary N) is 1. The zero-order chi connectivity index (χ0) is 32.1. The summed E-state index contributed by atoms with van der Waals surface area (Å²) in [6, 6.07) is 40.1. The van der Waals surface area contributed by atoms with Crippen molar-refractivity contribution in [1.29, 1.82) is 0 Å². The van der Waals surface area contributed by atoms with Gasteiger partial charge in [-0.1, -0.05) is 110 Å². The number of ether oxygens (including phenoxy) is 1. The predicted octanol–water partition coefficient (Wildman–Crippen LogP) is 9.60. The van der Waals surface area contributed by atoms with E-state index in [1.54, 1.807) is 6.26 Å². The molecular weight excluding hydrogens is 578 g/mol. The first-order valence-electron chi connectivity index (χ1n) is 15.7. The number of nitrogens with one attached hydrogen (secondary N) is 1. The van der Waals surface area contributed by atoms with Crippen LogP contribution in [0.5, 0.6) is 0 Å². The molecule has 0 saturated heterocycles. The number of aliphatic hydroxyl groups excluding tert-OH is 1. The number of aromatic nitrogens is 1. The number of rotatable bonds is 7. The highest BCUT2D eigenvalue weighted by Gasteiger charge is 2.23. The number of hydrogen-bond donors (Lipinski definition) is 3. The van der Waals surface area contributed by atoms with Crippen molar-refractivity contribution in [2.45, 2.75) is 12.5 Å². The van der Waals surface area contributed by atoms with Crippen LogP contribution in [0.25, 0.3) is 72.7 Å². The van der Waals surface area contributed by atoms with E-state index in [2.05, 4.69) is 108 Å². The first-order chi connectivity index (χ1) is 23.1. The van der Waals surface area contributed by atoms with Crippen LogP contribution in [0.15, 0.2) is 141 Å². The molecule has 6 aromatic carbocycles. The average molecular weight is 612 g/mol. The van der Waals surface area contributed by atoms with E-state index >= 15 is 0 Å². The molecule has 0 radical (unpaired) electrons. The second-order valence-corrected chi connectivity index (χ2v) is 11.8. The third-order valence-electron chi connectivity index (χ3n) is 9.18. The topological polar surface area (TPSA) is 72.4 Å². The molecular formula is C42H33N3O2. The monoisotopic (exact) mass is 611 g/mol. The van der Waals surface area contributed by atoms with Gasteiger partial charge in [0.25, 0.3) is 0 Å². The Morgan fingerprint density at radius 3 is 1.94 bits per heavy atom. The van der Waals surface area contributed by atoms with Crippen LogP contribution < -0.4 is 11.1 Å². The molecule has 5 heteroatoms. The fourth-order valence-electron chi connectivity index (χ4n) is 7.02. The van der Waals surface area contributed by atoms with E-state index in [1.807, 2.05) is 48.7 Å². The summed E-state index contributed by atoms with van der Waals surface area (Å²) in [7, 11) is 0. The van der Waals surface area contributed by atoms with Crippen molar-refractivity contribution in [2.75, 3.05) is 0 Å². The third-order valence-corrected chi connectivity index (χ3v) is 9.18. The molecule has 1 aliphatic rings. The lowest BCUT2D eigenvalue weighted by Gasteiger charge is -2.21. The molecule has 0 amide bonds. The highest BCUT2D eigenvalue weighted by atomic mass is 16.5. The van der Waals surface area contributed by atoms with Crippen molar-refractivity contribution >= 4 is 44.7 Å². The minimum atomic E-state index is -1.04. The summed E-state index contributed by atoms with van der Waals surface area (Å²) >= 11 is 0. The summed E-state index contributed by atoms with van der Waals surface area (Å²) in [5.74, 6) is 0. The molecule has 0 fully saturated rings. The lowest BCUT2D eigenvalue weighted by Crippen LogP contribution is -2.10. The SMILES string of the molecule is C=Cc1c(C=C)c(-c2ccc(C3NC=CO3)cc2)c2cc3c(cc2c1-c1ccc(C(N)O)cc1)c1ccccc1n3-c1ccccc1. The molecule has 0 aliphatic carbocycles. The van der Waals surface area contributed by atoms with Crippen LogP contribution >= 0.6 is 0 Å². The van der Waals surface area contributed by atoms with Gasteiger partial charge in [-0.2, -0.15) is 0 Å². The molecule has 8 rings (SSSR count). The van der Waals surface area contributed by atoms with E-state index in [1.165, 1.54) is 5.39 Å². The second-order valence-electron chi connectivity index (χ2n) is 11.8. The van der Waals surface area contributed by atoms with E-state index in [-0.39, 0.29) is 6.23 Å². The normalized spacial score (nSPS) is 14.7. The van der Waals surface area contributed by atoms with Crippen LogP contribution in [0.4, 0.5) is 0 Å². The Morgan fingerprint density at radius 1 is 0.702 bits per heavy atom. The largest absolute Gasteiger partial charge is 0.473 e. The summed E-state index contributed by atoms with van der Waals surface area (Å²) < 4.78 is 8.06.